The molecule has 118 valence electrons. The first kappa shape index (κ1) is 17.1. The van der Waals surface area contributed by atoms with Gasteiger partial charge in [0.2, 0.25) is 0 Å². The molecule has 4 heteroatoms. The summed E-state index contributed by atoms with van der Waals surface area (Å²) in [6.45, 7) is 2.86. The summed E-state index contributed by atoms with van der Waals surface area (Å²) in [6.07, 6.45) is 2.13. The van der Waals surface area contributed by atoms with Gasteiger partial charge in [-0.15, -0.1) is 0 Å². The van der Waals surface area contributed by atoms with Crippen LogP contribution < -0.4 is 10.1 Å². The van der Waals surface area contributed by atoms with E-state index in [-0.39, 0.29) is 0 Å². The minimum absolute atomic E-state index is 0.391. The molecule has 0 aliphatic heterocycles. The lowest BCUT2D eigenvalue weighted by atomic mass is 10.1. The van der Waals surface area contributed by atoms with Crippen molar-refractivity contribution in [3.8, 4) is 5.75 Å². The summed E-state index contributed by atoms with van der Waals surface area (Å²) in [5, 5.41) is 4.67. The van der Waals surface area contributed by atoms with Crippen LogP contribution in [-0.4, -0.2) is 13.2 Å². The largest absolute Gasteiger partial charge is 0.495 e. The zero-order chi connectivity index (χ0) is 15.9. The third-order valence-corrected chi connectivity index (χ3v) is 4.14. The topological polar surface area (TPSA) is 21.3 Å². The lowest BCUT2D eigenvalue weighted by molar-refractivity contribution is 0.405. The van der Waals surface area contributed by atoms with Crippen LogP contribution in [0.2, 0.25) is 10.0 Å². The summed E-state index contributed by atoms with van der Waals surface area (Å²) in [4.78, 5) is 0. The zero-order valence-electron chi connectivity index (χ0n) is 12.9. The number of hydrogen-bond donors (Lipinski definition) is 1. The fraction of sp³-hybridized carbons (Fsp3) is 0.333. The number of rotatable bonds is 7. The number of aryl methyl sites for hydroxylation is 1. The van der Waals surface area contributed by atoms with Gasteiger partial charge >= 0.3 is 0 Å². The maximum absolute atomic E-state index is 6.15. The molecule has 0 aromatic heterocycles. The zero-order valence-corrected chi connectivity index (χ0v) is 14.4. The van der Waals surface area contributed by atoms with E-state index >= 15 is 0 Å². The van der Waals surface area contributed by atoms with E-state index in [9.17, 15) is 0 Å². The molecule has 2 aromatic carbocycles. The van der Waals surface area contributed by atoms with Crippen molar-refractivity contribution >= 4 is 23.2 Å². The molecule has 22 heavy (non-hydrogen) atoms. The van der Waals surface area contributed by atoms with Gasteiger partial charge in [0, 0.05) is 23.2 Å². The van der Waals surface area contributed by atoms with Crippen LogP contribution in [0.4, 0.5) is 0 Å². The Morgan fingerprint density at radius 1 is 1.14 bits per heavy atom. The number of ether oxygens (including phenoxy) is 1. The van der Waals surface area contributed by atoms with Crippen molar-refractivity contribution in [2.24, 2.45) is 0 Å². The Bertz CT molecular complexity index is 602. The predicted molar refractivity (Wildman–Crippen MR) is 94.1 cm³/mol. The standard InChI is InChI=1S/C18H21Cl2NO/c1-13(8-9-14-6-4-3-5-7-14)21-12-15-10-16(19)11-17(20)18(15)22-2/h3-7,10-11,13,21H,8-9,12H2,1-2H3. The number of methoxy groups -OCH3 is 1. The molecular formula is C18H21Cl2NO. The molecule has 0 amide bonds. The number of benzene rings is 2. The van der Waals surface area contributed by atoms with Crippen molar-refractivity contribution in [2.45, 2.75) is 32.4 Å². The fourth-order valence-corrected chi connectivity index (χ4v) is 3.00. The lowest BCUT2D eigenvalue weighted by Crippen LogP contribution is -2.26. The summed E-state index contributed by atoms with van der Waals surface area (Å²) in [5.74, 6) is 0.689. The molecule has 1 unspecified atom stereocenters. The Morgan fingerprint density at radius 2 is 1.86 bits per heavy atom. The highest BCUT2D eigenvalue weighted by molar-refractivity contribution is 6.35. The molecular weight excluding hydrogens is 317 g/mol. The van der Waals surface area contributed by atoms with Gasteiger partial charge in [-0.2, -0.15) is 0 Å². The van der Waals surface area contributed by atoms with E-state index in [0.29, 0.717) is 28.4 Å². The second-order valence-corrected chi connectivity index (χ2v) is 6.23. The smallest absolute Gasteiger partial charge is 0.142 e. The normalized spacial score (nSPS) is 12.2. The van der Waals surface area contributed by atoms with Crippen LogP contribution in [0.5, 0.6) is 5.75 Å². The molecule has 1 N–H and O–H groups in total. The summed E-state index contributed by atoms with van der Waals surface area (Å²) in [6, 6.07) is 14.5. The van der Waals surface area contributed by atoms with Crippen LogP contribution in [0.25, 0.3) is 0 Å². The van der Waals surface area contributed by atoms with Crippen LogP contribution >= 0.6 is 23.2 Å². The van der Waals surface area contributed by atoms with Crippen LogP contribution in [-0.2, 0) is 13.0 Å². The van der Waals surface area contributed by atoms with Gasteiger partial charge in [-0.1, -0.05) is 53.5 Å². The molecule has 0 fully saturated rings. The molecule has 0 spiro atoms. The van der Waals surface area contributed by atoms with Crippen molar-refractivity contribution in [3.63, 3.8) is 0 Å². The summed E-state index contributed by atoms with van der Waals surface area (Å²) >= 11 is 12.2. The number of nitrogens with one attached hydrogen (secondary N) is 1. The van der Waals surface area contributed by atoms with E-state index in [1.807, 2.05) is 12.1 Å². The SMILES string of the molecule is COc1c(Cl)cc(Cl)cc1CNC(C)CCc1ccccc1. The van der Waals surface area contributed by atoms with Gasteiger partial charge in [0.1, 0.15) is 5.75 Å². The minimum Gasteiger partial charge on any atom is -0.495 e. The van der Waals surface area contributed by atoms with Crippen molar-refractivity contribution in [1.82, 2.24) is 5.32 Å². The first-order valence-electron chi connectivity index (χ1n) is 7.39. The molecule has 0 radical (unpaired) electrons. The molecule has 2 aromatic rings. The van der Waals surface area contributed by atoms with Crippen LogP contribution in [0.3, 0.4) is 0 Å². The van der Waals surface area contributed by atoms with Crippen LogP contribution in [0.15, 0.2) is 42.5 Å². The molecule has 1 atom stereocenters. The van der Waals surface area contributed by atoms with E-state index in [2.05, 4.69) is 36.5 Å². The Morgan fingerprint density at radius 3 is 2.55 bits per heavy atom. The van der Waals surface area contributed by atoms with E-state index in [4.69, 9.17) is 27.9 Å². The Labute approximate surface area is 142 Å². The highest BCUT2D eigenvalue weighted by Crippen LogP contribution is 2.32. The molecule has 0 aliphatic rings. The van der Waals surface area contributed by atoms with Gasteiger partial charge in [-0.25, -0.2) is 0 Å². The van der Waals surface area contributed by atoms with Gasteiger partial charge in [0.15, 0.2) is 0 Å². The molecule has 2 rings (SSSR count). The van der Waals surface area contributed by atoms with Crippen LogP contribution in [0, 0.1) is 0 Å². The summed E-state index contributed by atoms with van der Waals surface area (Å²) in [5.41, 5.74) is 2.34. The third kappa shape index (κ3) is 4.91. The highest BCUT2D eigenvalue weighted by atomic mass is 35.5. The lowest BCUT2D eigenvalue weighted by Gasteiger charge is -2.16. The number of hydrogen-bond acceptors (Lipinski definition) is 2. The van der Waals surface area contributed by atoms with Crippen LogP contribution in [0.1, 0.15) is 24.5 Å². The maximum Gasteiger partial charge on any atom is 0.142 e. The molecule has 0 aliphatic carbocycles. The van der Waals surface area contributed by atoms with E-state index in [0.717, 1.165) is 18.4 Å². The van der Waals surface area contributed by atoms with Crippen molar-refractivity contribution in [3.05, 3.63) is 63.6 Å². The minimum atomic E-state index is 0.391. The van der Waals surface area contributed by atoms with Crippen molar-refractivity contribution in [2.75, 3.05) is 7.11 Å². The highest BCUT2D eigenvalue weighted by Gasteiger charge is 2.11. The average Bonchev–Trinajstić information content (AvgIpc) is 2.51. The van der Waals surface area contributed by atoms with E-state index < -0.39 is 0 Å². The maximum atomic E-state index is 6.15. The van der Waals surface area contributed by atoms with E-state index in [1.165, 1.54) is 5.56 Å². The number of halogens is 2. The Balaban J connectivity index is 1.90. The fourth-order valence-electron chi connectivity index (χ4n) is 2.39. The summed E-state index contributed by atoms with van der Waals surface area (Å²) < 4.78 is 5.36. The molecule has 0 saturated carbocycles. The van der Waals surface area contributed by atoms with E-state index in [1.54, 1.807) is 13.2 Å². The molecule has 0 bridgehead atoms. The Hall–Kier alpha value is -1.22. The first-order valence-corrected chi connectivity index (χ1v) is 8.15. The molecule has 2 nitrogen and oxygen atoms in total. The van der Waals surface area contributed by atoms with Gasteiger partial charge in [-0.3, -0.25) is 0 Å². The monoisotopic (exact) mass is 337 g/mol. The Kier molecular flexibility index (Phi) is 6.56. The van der Waals surface area contributed by atoms with Crippen molar-refractivity contribution < 1.29 is 4.74 Å². The quantitative estimate of drug-likeness (QED) is 0.757. The second-order valence-electron chi connectivity index (χ2n) is 5.39. The second kappa shape index (κ2) is 8.42. The van der Waals surface area contributed by atoms with Gasteiger partial charge in [-0.05, 0) is 37.5 Å². The predicted octanol–water partition coefficient (Wildman–Crippen LogP) is 5.11. The van der Waals surface area contributed by atoms with Crippen molar-refractivity contribution in [1.29, 1.82) is 0 Å². The van der Waals surface area contributed by atoms with Gasteiger partial charge in [0.05, 0.1) is 12.1 Å². The molecule has 0 heterocycles. The molecule has 0 saturated heterocycles. The van der Waals surface area contributed by atoms with Gasteiger partial charge < -0.3 is 10.1 Å². The summed E-state index contributed by atoms with van der Waals surface area (Å²) in [7, 11) is 1.62. The van der Waals surface area contributed by atoms with Gasteiger partial charge in [0.25, 0.3) is 0 Å². The average molecular weight is 338 g/mol. The third-order valence-electron chi connectivity index (χ3n) is 3.64. The first-order chi connectivity index (χ1) is 10.6.